The summed E-state index contributed by atoms with van der Waals surface area (Å²) in [6, 6.07) is -0.114. The lowest BCUT2D eigenvalue weighted by molar-refractivity contribution is -0.110. The summed E-state index contributed by atoms with van der Waals surface area (Å²) in [7, 11) is -1.83. The Morgan fingerprint density at radius 2 is 1.76 bits per heavy atom. The molecular formula is C17H27NO2Si. The van der Waals surface area contributed by atoms with Gasteiger partial charge in [0.1, 0.15) is 0 Å². The summed E-state index contributed by atoms with van der Waals surface area (Å²) in [5.74, 6) is -0.00493. The third kappa shape index (κ3) is 4.90. The summed E-state index contributed by atoms with van der Waals surface area (Å²) in [4.78, 5) is 15.8. The first-order valence-corrected chi connectivity index (χ1v) is 10.3. The highest BCUT2D eigenvalue weighted by atomic mass is 28.4. The Hall–Kier alpha value is -1.26. The molecule has 1 rings (SSSR count). The van der Waals surface area contributed by atoms with Gasteiger partial charge < -0.3 is 4.43 Å². The molecule has 0 saturated heterocycles. The molecule has 0 amide bonds. The van der Waals surface area contributed by atoms with Crippen molar-refractivity contribution in [3.05, 3.63) is 37.0 Å². The quantitative estimate of drug-likeness (QED) is 0.436. The van der Waals surface area contributed by atoms with Crippen molar-refractivity contribution in [2.75, 3.05) is 0 Å². The van der Waals surface area contributed by atoms with Gasteiger partial charge in [-0.25, -0.2) is 0 Å². The Balaban J connectivity index is 2.84. The summed E-state index contributed by atoms with van der Waals surface area (Å²) in [5.41, 5.74) is 0.783. The topological polar surface area (TPSA) is 38.7 Å². The Morgan fingerprint density at radius 3 is 2.19 bits per heavy atom. The standard InChI is InChI=1S/C17H27NO2Si/c1-8-16(18-14-9-11-15(19)12-10-14)13(2)20-21(6,7)17(3,4)5/h8-13,16H,1H2,2-7H3/t13-,16-/m0/s1. The Labute approximate surface area is 129 Å². The Morgan fingerprint density at radius 1 is 1.24 bits per heavy atom. The van der Waals surface area contributed by atoms with Crippen molar-refractivity contribution in [3.63, 3.8) is 0 Å². The van der Waals surface area contributed by atoms with Crippen molar-refractivity contribution in [1.29, 1.82) is 0 Å². The van der Waals surface area contributed by atoms with Gasteiger partial charge in [-0.3, -0.25) is 9.79 Å². The first-order chi connectivity index (χ1) is 9.56. The first-order valence-electron chi connectivity index (χ1n) is 7.35. The molecule has 21 heavy (non-hydrogen) atoms. The summed E-state index contributed by atoms with van der Waals surface area (Å²) >= 11 is 0. The minimum atomic E-state index is -1.83. The van der Waals surface area contributed by atoms with Crippen molar-refractivity contribution in [2.45, 2.75) is 58.0 Å². The van der Waals surface area contributed by atoms with Gasteiger partial charge in [-0.2, -0.15) is 0 Å². The second-order valence-corrected chi connectivity index (χ2v) is 11.7. The lowest BCUT2D eigenvalue weighted by Crippen LogP contribution is -2.45. The average molecular weight is 305 g/mol. The summed E-state index contributed by atoms with van der Waals surface area (Å²) in [6.07, 6.45) is 8.30. The van der Waals surface area contributed by atoms with Gasteiger partial charge in [0.05, 0.1) is 17.9 Å². The zero-order valence-electron chi connectivity index (χ0n) is 14.0. The van der Waals surface area contributed by atoms with Crippen LogP contribution in [-0.4, -0.2) is 32.0 Å². The molecule has 0 aromatic carbocycles. The number of aliphatic imine (C=N–C) groups is 1. The highest BCUT2D eigenvalue weighted by Crippen LogP contribution is 2.37. The SMILES string of the molecule is C=C[C@H](N=C1C=CC(=O)C=C1)[C@H](C)O[Si](C)(C)C(C)(C)C. The lowest BCUT2D eigenvalue weighted by atomic mass is 10.1. The molecule has 3 nitrogen and oxygen atoms in total. The van der Waals surface area contributed by atoms with Crippen molar-refractivity contribution >= 4 is 19.8 Å². The van der Waals surface area contributed by atoms with E-state index in [4.69, 9.17) is 4.43 Å². The lowest BCUT2D eigenvalue weighted by Gasteiger charge is -2.39. The number of carbonyl (C=O) groups is 1. The number of carbonyl (C=O) groups excluding carboxylic acids is 1. The number of nitrogens with zero attached hydrogens (tertiary/aromatic N) is 1. The van der Waals surface area contributed by atoms with E-state index in [0.717, 1.165) is 5.71 Å². The molecule has 0 radical (unpaired) electrons. The van der Waals surface area contributed by atoms with Gasteiger partial charge in [-0.15, -0.1) is 6.58 Å². The number of hydrogen-bond acceptors (Lipinski definition) is 3. The molecule has 0 fully saturated rings. The third-order valence-corrected chi connectivity index (χ3v) is 8.72. The maximum absolute atomic E-state index is 11.1. The van der Waals surface area contributed by atoms with E-state index >= 15 is 0 Å². The molecule has 116 valence electrons. The van der Waals surface area contributed by atoms with Crippen LogP contribution in [0.5, 0.6) is 0 Å². The van der Waals surface area contributed by atoms with Crippen molar-refractivity contribution in [3.8, 4) is 0 Å². The van der Waals surface area contributed by atoms with Crippen LogP contribution in [-0.2, 0) is 9.22 Å². The van der Waals surface area contributed by atoms with Crippen LogP contribution in [0.1, 0.15) is 27.7 Å². The van der Waals surface area contributed by atoms with E-state index in [2.05, 4.69) is 45.4 Å². The summed E-state index contributed by atoms with van der Waals surface area (Å²) < 4.78 is 6.36. The molecule has 1 aliphatic carbocycles. The Bertz CT molecular complexity index is 477. The van der Waals surface area contributed by atoms with Gasteiger partial charge in [-0.1, -0.05) is 26.8 Å². The maximum Gasteiger partial charge on any atom is 0.192 e. The van der Waals surface area contributed by atoms with Gasteiger partial charge in [0.15, 0.2) is 14.1 Å². The zero-order valence-corrected chi connectivity index (χ0v) is 15.0. The third-order valence-electron chi connectivity index (χ3n) is 4.14. The molecule has 0 spiro atoms. The number of rotatable bonds is 5. The van der Waals surface area contributed by atoms with Gasteiger partial charge in [0, 0.05) is 0 Å². The molecule has 0 saturated carbocycles. The molecule has 0 aromatic rings. The van der Waals surface area contributed by atoms with Gasteiger partial charge in [-0.05, 0) is 49.4 Å². The van der Waals surface area contributed by atoms with Crippen LogP contribution in [0.25, 0.3) is 0 Å². The highest BCUT2D eigenvalue weighted by Gasteiger charge is 2.39. The normalized spacial score (nSPS) is 18.6. The van der Waals surface area contributed by atoms with Crippen LogP contribution in [0.3, 0.4) is 0 Å². The van der Waals surface area contributed by atoms with Crippen LogP contribution in [0.2, 0.25) is 18.1 Å². The second kappa shape index (κ2) is 6.67. The Kier molecular flexibility index (Phi) is 5.65. The number of hydrogen-bond donors (Lipinski definition) is 0. The van der Waals surface area contributed by atoms with Crippen LogP contribution in [0, 0.1) is 0 Å². The molecule has 0 bridgehead atoms. The predicted octanol–water partition coefficient (Wildman–Crippen LogP) is 4.09. The van der Waals surface area contributed by atoms with E-state index in [0.29, 0.717) is 0 Å². The molecule has 2 atom stereocenters. The molecule has 0 N–H and O–H groups in total. The molecule has 0 unspecified atom stereocenters. The van der Waals surface area contributed by atoms with Gasteiger partial charge >= 0.3 is 0 Å². The molecule has 1 aliphatic rings. The van der Waals surface area contributed by atoms with Gasteiger partial charge in [0.2, 0.25) is 0 Å². The fourth-order valence-corrected chi connectivity index (χ4v) is 3.19. The zero-order chi connectivity index (χ0) is 16.3. The van der Waals surface area contributed by atoms with Crippen molar-refractivity contribution in [2.24, 2.45) is 4.99 Å². The second-order valence-electron chi connectivity index (χ2n) is 6.93. The minimum absolute atomic E-state index is 0.00493. The van der Waals surface area contributed by atoms with Crippen molar-refractivity contribution < 1.29 is 9.22 Å². The van der Waals surface area contributed by atoms with Crippen molar-refractivity contribution in [1.82, 2.24) is 0 Å². The number of allylic oxidation sites excluding steroid dienone is 4. The minimum Gasteiger partial charge on any atom is -0.412 e. The van der Waals surface area contributed by atoms with E-state index < -0.39 is 8.32 Å². The summed E-state index contributed by atoms with van der Waals surface area (Å²) in [6.45, 7) is 17.0. The molecule has 0 heterocycles. The average Bonchev–Trinajstić information content (AvgIpc) is 2.36. The van der Waals surface area contributed by atoms with E-state index in [9.17, 15) is 4.79 Å². The molecule has 0 aliphatic heterocycles. The van der Waals surface area contributed by atoms with E-state index in [1.807, 2.05) is 13.0 Å². The van der Waals surface area contributed by atoms with Crippen LogP contribution >= 0.6 is 0 Å². The molecule has 4 heteroatoms. The van der Waals surface area contributed by atoms with E-state index in [1.165, 1.54) is 12.2 Å². The maximum atomic E-state index is 11.1. The first kappa shape index (κ1) is 17.8. The largest absolute Gasteiger partial charge is 0.412 e. The van der Waals surface area contributed by atoms with E-state index in [1.54, 1.807) is 12.2 Å². The fraction of sp³-hybridized carbons (Fsp3) is 0.529. The van der Waals surface area contributed by atoms with Gasteiger partial charge in [0.25, 0.3) is 0 Å². The highest BCUT2D eigenvalue weighted by molar-refractivity contribution is 6.74. The van der Waals surface area contributed by atoms with E-state index in [-0.39, 0.29) is 23.0 Å². The smallest absolute Gasteiger partial charge is 0.192 e. The fourth-order valence-electron chi connectivity index (χ4n) is 1.76. The monoisotopic (exact) mass is 305 g/mol. The predicted molar refractivity (Wildman–Crippen MR) is 92.5 cm³/mol. The van der Waals surface area contributed by atoms with Crippen LogP contribution in [0.15, 0.2) is 42.0 Å². The number of ketones is 1. The molecule has 0 aromatic heterocycles. The van der Waals surface area contributed by atoms with Crippen LogP contribution in [0.4, 0.5) is 0 Å². The van der Waals surface area contributed by atoms with Crippen LogP contribution < -0.4 is 0 Å². The summed E-state index contributed by atoms with van der Waals surface area (Å²) in [5, 5.41) is 0.164. The molecular weight excluding hydrogens is 278 g/mol.